The van der Waals surface area contributed by atoms with Crippen LogP contribution in [0.15, 0.2) is 0 Å². The Morgan fingerprint density at radius 1 is 1.40 bits per heavy atom. The van der Waals surface area contributed by atoms with E-state index in [2.05, 4.69) is 0 Å². The van der Waals surface area contributed by atoms with Gasteiger partial charge in [0, 0.05) is 19.4 Å². The van der Waals surface area contributed by atoms with Crippen molar-refractivity contribution in [3.05, 3.63) is 0 Å². The highest BCUT2D eigenvalue weighted by Gasteiger charge is 2.15. The molecule has 90 valence electrons. The minimum atomic E-state index is -0.563. The Kier molecular flexibility index (Phi) is 8.56. The van der Waals surface area contributed by atoms with E-state index < -0.39 is 6.10 Å². The van der Waals surface area contributed by atoms with E-state index in [9.17, 15) is 9.90 Å². The summed E-state index contributed by atoms with van der Waals surface area (Å²) >= 11 is 0. The first-order valence-corrected chi connectivity index (χ1v) is 5.39. The van der Waals surface area contributed by atoms with Crippen molar-refractivity contribution in [3.63, 3.8) is 0 Å². The molecular weight excluding hydrogens is 196 g/mol. The van der Waals surface area contributed by atoms with E-state index >= 15 is 0 Å². The largest absolute Gasteiger partial charge is 0.391 e. The monoisotopic (exact) mass is 218 g/mol. The molecule has 0 saturated carbocycles. The number of hydrogen-bond donors (Lipinski definition) is 1. The van der Waals surface area contributed by atoms with Crippen molar-refractivity contribution in [2.75, 3.05) is 26.9 Å². The number of carbonyl (C=O) groups is 1. The van der Waals surface area contributed by atoms with E-state index in [1.807, 2.05) is 13.8 Å². The summed E-state index contributed by atoms with van der Waals surface area (Å²) < 4.78 is 9.96. The number of aliphatic hydroxyl groups is 1. The van der Waals surface area contributed by atoms with Gasteiger partial charge < -0.3 is 14.6 Å². The molecule has 0 spiro atoms. The minimum absolute atomic E-state index is 0.0870. The van der Waals surface area contributed by atoms with E-state index in [1.165, 1.54) is 0 Å². The third kappa shape index (κ3) is 7.48. The zero-order valence-corrected chi connectivity index (χ0v) is 9.86. The quantitative estimate of drug-likeness (QED) is 0.587. The molecule has 15 heavy (non-hydrogen) atoms. The van der Waals surface area contributed by atoms with E-state index in [0.29, 0.717) is 26.1 Å². The van der Waals surface area contributed by atoms with Gasteiger partial charge in [-0.2, -0.15) is 0 Å². The molecule has 0 amide bonds. The summed E-state index contributed by atoms with van der Waals surface area (Å²) in [6, 6.07) is 0. The molecule has 0 aromatic rings. The van der Waals surface area contributed by atoms with E-state index in [0.717, 1.165) is 0 Å². The molecule has 0 aliphatic carbocycles. The summed E-state index contributed by atoms with van der Waals surface area (Å²) in [4.78, 5) is 11.3. The van der Waals surface area contributed by atoms with Crippen LogP contribution in [-0.4, -0.2) is 43.9 Å². The molecule has 4 nitrogen and oxygen atoms in total. The van der Waals surface area contributed by atoms with Gasteiger partial charge in [-0.25, -0.2) is 0 Å². The number of hydrogen-bond acceptors (Lipinski definition) is 4. The maximum Gasteiger partial charge on any atom is 0.135 e. The van der Waals surface area contributed by atoms with Crippen LogP contribution in [-0.2, 0) is 14.3 Å². The van der Waals surface area contributed by atoms with Gasteiger partial charge in [-0.3, -0.25) is 4.79 Å². The average Bonchev–Trinajstić information content (AvgIpc) is 2.23. The molecule has 2 atom stereocenters. The fourth-order valence-corrected chi connectivity index (χ4v) is 1.32. The number of ether oxygens (including phenoxy) is 2. The molecule has 0 aromatic heterocycles. The van der Waals surface area contributed by atoms with Gasteiger partial charge in [0.05, 0.1) is 25.9 Å². The van der Waals surface area contributed by atoms with Gasteiger partial charge in [0.2, 0.25) is 0 Å². The Hall–Kier alpha value is -0.450. The second-order valence-corrected chi connectivity index (χ2v) is 3.68. The predicted octanol–water partition coefficient (Wildman–Crippen LogP) is 1.02. The van der Waals surface area contributed by atoms with Crippen LogP contribution in [0.1, 0.15) is 26.7 Å². The molecule has 0 aliphatic heterocycles. The number of ketones is 1. The highest BCUT2D eigenvalue weighted by atomic mass is 16.5. The van der Waals surface area contributed by atoms with Crippen LogP contribution in [0.4, 0.5) is 0 Å². The van der Waals surface area contributed by atoms with Crippen LogP contribution in [0, 0.1) is 5.92 Å². The van der Waals surface area contributed by atoms with Crippen LogP contribution >= 0.6 is 0 Å². The first-order valence-electron chi connectivity index (χ1n) is 5.39. The summed E-state index contributed by atoms with van der Waals surface area (Å²) in [7, 11) is 1.60. The third-order valence-corrected chi connectivity index (χ3v) is 2.27. The summed E-state index contributed by atoms with van der Waals surface area (Å²) in [6.07, 6.45) is 0.435. The second-order valence-electron chi connectivity index (χ2n) is 3.68. The molecule has 0 aliphatic rings. The van der Waals surface area contributed by atoms with Crippen molar-refractivity contribution >= 4 is 5.78 Å². The molecule has 0 heterocycles. The molecule has 0 fully saturated rings. The van der Waals surface area contributed by atoms with E-state index in [4.69, 9.17) is 9.47 Å². The number of carbonyl (C=O) groups excluding carboxylic acids is 1. The van der Waals surface area contributed by atoms with Crippen molar-refractivity contribution in [2.24, 2.45) is 5.92 Å². The van der Waals surface area contributed by atoms with Gasteiger partial charge in [-0.05, 0) is 6.42 Å². The molecule has 1 N–H and O–H groups in total. The first kappa shape index (κ1) is 14.6. The smallest absolute Gasteiger partial charge is 0.135 e. The molecule has 4 heteroatoms. The van der Waals surface area contributed by atoms with Crippen molar-refractivity contribution < 1.29 is 19.4 Å². The van der Waals surface area contributed by atoms with Gasteiger partial charge in [0.25, 0.3) is 0 Å². The topological polar surface area (TPSA) is 55.8 Å². The molecule has 0 aromatic carbocycles. The second kappa shape index (κ2) is 8.83. The SMILES string of the molecule is CCC(=O)C(C)CC(O)COCCOC. The zero-order chi connectivity index (χ0) is 11.7. The van der Waals surface area contributed by atoms with Crippen molar-refractivity contribution in [1.29, 1.82) is 0 Å². The zero-order valence-electron chi connectivity index (χ0n) is 9.86. The molecular formula is C11H22O4. The third-order valence-electron chi connectivity index (χ3n) is 2.27. The number of aliphatic hydroxyl groups excluding tert-OH is 1. The average molecular weight is 218 g/mol. The molecule has 0 radical (unpaired) electrons. The van der Waals surface area contributed by atoms with Gasteiger partial charge >= 0.3 is 0 Å². The van der Waals surface area contributed by atoms with Gasteiger partial charge in [0.15, 0.2) is 0 Å². The van der Waals surface area contributed by atoms with Gasteiger partial charge in [-0.15, -0.1) is 0 Å². The highest BCUT2D eigenvalue weighted by molar-refractivity contribution is 5.80. The lowest BCUT2D eigenvalue weighted by Gasteiger charge is -2.15. The van der Waals surface area contributed by atoms with Gasteiger partial charge in [-0.1, -0.05) is 13.8 Å². The lowest BCUT2D eigenvalue weighted by atomic mass is 9.98. The first-order chi connectivity index (χ1) is 7.11. The molecule has 2 unspecified atom stereocenters. The fraction of sp³-hybridized carbons (Fsp3) is 0.909. The Bertz CT molecular complexity index is 170. The normalized spacial score (nSPS) is 14.9. The van der Waals surface area contributed by atoms with Crippen molar-refractivity contribution in [3.8, 4) is 0 Å². The van der Waals surface area contributed by atoms with Crippen LogP contribution in [0.2, 0.25) is 0 Å². The Morgan fingerprint density at radius 3 is 2.60 bits per heavy atom. The number of methoxy groups -OCH3 is 1. The van der Waals surface area contributed by atoms with E-state index in [1.54, 1.807) is 7.11 Å². The van der Waals surface area contributed by atoms with Crippen molar-refractivity contribution in [2.45, 2.75) is 32.8 Å². The summed E-state index contributed by atoms with van der Waals surface area (Å²) in [5, 5.41) is 9.55. The summed E-state index contributed by atoms with van der Waals surface area (Å²) in [5.41, 5.74) is 0. The standard InChI is InChI=1S/C11H22O4/c1-4-11(13)9(2)7-10(12)8-15-6-5-14-3/h9-10,12H,4-8H2,1-3H3. The molecule has 0 bridgehead atoms. The number of rotatable bonds is 9. The van der Waals surface area contributed by atoms with Crippen LogP contribution in [0.3, 0.4) is 0 Å². The Morgan fingerprint density at radius 2 is 2.07 bits per heavy atom. The van der Waals surface area contributed by atoms with Crippen LogP contribution in [0.5, 0.6) is 0 Å². The lowest BCUT2D eigenvalue weighted by Crippen LogP contribution is -2.23. The molecule has 0 saturated heterocycles. The van der Waals surface area contributed by atoms with Crippen molar-refractivity contribution in [1.82, 2.24) is 0 Å². The van der Waals surface area contributed by atoms with Crippen LogP contribution < -0.4 is 0 Å². The summed E-state index contributed by atoms with van der Waals surface area (Å²) in [6.45, 7) is 4.94. The Labute approximate surface area is 91.6 Å². The van der Waals surface area contributed by atoms with Gasteiger partial charge in [0.1, 0.15) is 5.78 Å². The number of Topliss-reactive ketones (excluding diaryl/α,β-unsaturated/α-hetero) is 1. The predicted molar refractivity (Wildman–Crippen MR) is 57.8 cm³/mol. The van der Waals surface area contributed by atoms with E-state index in [-0.39, 0.29) is 18.3 Å². The highest BCUT2D eigenvalue weighted by Crippen LogP contribution is 2.09. The molecule has 0 rings (SSSR count). The lowest BCUT2D eigenvalue weighted by molar-refractivity contribution is -0.123. The fourth-order valence-electron chi connectivity index (χ4n) is 1.32. The summed E-state index contributed by atoms with van der Waals surface area (Å²) in [5.74, 6) is 0.0990. The minimum Gasteiger partial charge on any atom is -0.391 e. The maximum atomic E-state index is 11.3. The maximum absolute atomic E-state index is 11.3. The van der Waals surface area contributed by atoms with Crippen LogP contribution in [0.25, 0.3) is 0 Å². The Balaban J connectivity index is 3.55.